The average molecular weight is 184 g/mol. The lowest BCUT2D eigenvalue weighted by atomic mass is 10.5. The van der Waals surface area contributed by atoms with E-state index in [4.69, 9.17) is 11.6 Å². The molecule has 1 rings (SSSR count). The molecule has 9 heavy (non-hydrogen) atoms. The van der Waals surface area contributed by atoms with Gasteiger partial charge in [0.1, 0.15) is 0 Å². The second kappa shape index (κ2) is 5.03. The molecule has 0 bridgehead atoms. The number of halogens is 2. The van der Waals surface area contributed by atoms with Crippen molar-refractivity contribution in [3.8, 4) is 0 Å². The fourth-order valence-corrected chi connectivity index (χ4v) is 1.37. The lowest BCUT2D eigenvalue weighted by Crippen LogP contribution is -1.81. The van der Waals surface area contributed by atoms with Crippen molar-refractivity contribution in [2.45, 2.75) is 6.42 Å². The monoisotopic (exact) mass is 183 g/mol. The van der Waals surface area contributed by atoms with Gasteiger partial charge in [-0.15, -0.1) is 35.3 Å². The number of rotatable bonds is 2. The molecule has 0 unspecified atom stereocenters. The summed E-state index contributed by atoms with van der Waals surface area (Å²) < 4.78 is 0. The number of nitrogens with zero attached hydrogens (tertiary/aromatic N) is 1. The fourth-order valence-electron chi connectivity index (χ4n) is 0.457. The summed E-state index contributed by atoms with van der Waals surface area (Å²) in [5, 5.41) is 3.09. The first-order valence-corrected chi connectivity index (χ1v) is 3.79. The summed E-state index contributed by atoms with van der Waals surface area (Å²) in [5.74, 6) is 0.674. The van der Waals surface area contributed by atoms with Gasteiger partial charge in [-0.25, -0.2) is 4.98 Å². The Morgan fingerprint density at radius 1 is 1.67 bits per heavy atom. The van der Waals surface area contributed by atoms with Gasteiger partial charge in [0, 0.05) is 23.9 Å². The quantitative estimate of drug-likeness (QED) is 0.643. The molecular weight excluding hydrogens is 177 g/mol. The number of aryl methyl sites for hydroxylation is 1. The summed E-state index contributed by atoms with van der Waals surface area (Å²) in [5.41, 5.74) is 0. The molecule has 0 radical (unpaired) electrons. The molecule has 1 aromatic rings. The van der Waals surface area contributed by atoms with Crippen LogP contribution in [0.3, 0.4) is 0 Å². The van der Waals surface area contributed by atoms with E-state index in [2.05, 4.69) is 4.98 Å². The highest BCUT2D eigenvalue weighted by molar-refractivity contribution is 7.09. The van der Waals surface area contributed by atoms with Gasteiger partial charge in [-0.3, -0.25) is 0 Å². The summed E-state index contributed by atoms with van der Waals surface area (Å²) >= 11 is 7.11. The number of hydrogen-bond acceptors (Lipinski definition) is 2. The molecule has 0 spiro atoms. The number of hydrogen-bond donors (Lipinski definition) is 0. The third-order valence-corrected chi connectivity index (χ3v) is 1.82. The maximum atomic E-state index is 5.46. The molecule has 0 amide bonds. The Kier molecular flexibility index (Phi) is 5.15. The zero-order valence-electron chi connectivity index (χ0n) is 4.71. The topological polar surface area (TPSA) is 12.9 Å². The molecule has 0 aliphatic rings. The van der Waals surface area contributed by atoms with Crippen molar-refractivity contribution in [3.05, 3.63) is 16.6 Å². The lowest BCUT2D eigenvalue weighted by molar-refractivity contribution is 1.10. The third kappa shape index (κ3) is 3.04. The van der Waals surface area contributed by atoms with Crippen molar-refractivity contribution in [3.63, 3.8) is 0 Å². The Labute approximate surface area is 69.5 Å². The minimum Gasteiger partial charge on any atom is -0.250 e. The van der Waals surface area contributed by atoms with Gasteiger partial charge in [0.25, 0.3) is 0 Å². The van der Waals surface area contributed by atoms with Crippen LogP contribution in [0.4, 0.5) is 0 Å². The Hall–Kier alpha value is 0.210. The molecular formula is C5H7Cl2NS. The molecule has 0 fully saturated rings. The van der Waals surface area contributed by atoms with Gasteiger partial charge in [-0.05, 0) is 0 Å². The molecule has 1 heterocycles. The molecule has 1 nitrogen and oxygen atoms in total. The minimum absolute atomic E-state index is 0. The van der Waals surface area contributed by atoms with Crippen molar-refractivity contribution in [2.75, 3.05) is 5.88 Å². The Morgan fingerprint density at radius 2 is 2.44 bits per heavy atom. The van der Waals surface area contributed by atoms with Crippen molar-refractivity contribution in [1.82, 2.24) is 4.98 Å². The third-order valence-electron chi connectivity index (χ3n) is 0.792. The van der Waals surface area contributed by atoms with Crippen LogP contribution in [0.15, 0.2) is 11.6 Å². The standard InChI is InChI=1S/C5H6ClNS.ClH/c6-2-1-5-7-3-4-8-5;/h3-4H,1-2H2;1H. The molecule has 0 saturated carbocycles. The molecule has 1 aromatic heterocycles. The minimum atomic E-state index is 0. The van der Waals surface area contributed by atoms with Gasteiger partial charge in [0.2, 0.25) is 0 Å². The molecule has 4 heteroatoms. The first kappa shape index (κ1) is 9.21. The SMILES string of the molecule is Cl.ClCCc1nccs1. The van der Waals surface area contributed by atoms with Crippen molar-refractivity contribution >= 4 is 35.3 Å². The molecule has 0 aliphatic carbocycles. The van der Waals surface area contributed by atoms with Crippen molar-refractivity contribution in [2.24, 2.45) is 0 Å². The lowest BCUT2D eigenvalue weighted by Gasteiger charge is -1.82. The highest BCUT2D eigenvalue weighted by Crippen LogP contribution is 2.04. The zero-order valence-corrected chi connectivity index (χ0v) is 7.10. The molecule has 0 saturated heterocycles. The highest BCUT2D eigenvalue weighted by atomic mass is 35.5. The Balaban J connectivity index is 0.000000640. The maximum absolute atomic E-state index is 5.46. The van der Waals surface area contributed by atoms with E-state index in [1.54, 1.807) is 17.5 Å². The van der Waals surface area contributed by atoms with Crippen molar-refractivity contribution in [1.29, 1.82) is 0 Å². The normalized spacial score (nSPS) is 8.56. The van der Waals surface area contributed by atoms with Crippen LogP contribution >= 0.6 is 35.3 Å². The Morgan fingerprint density at radius 3 is 2.89 bits per heavy atom. The average Bonchev–Trinajstić information content (AvgIpc) is 2.19. The summed E-state index contributed by atoms with van der Waals surface area (Å²) in [6.07, 6.45) is 2.70. The van der Waals surface area contributed by atoms with E-state index >= 15 is 0 Å². The number of aromatic nitrogens is 1. The van der Waals surface area contributed by atoms with Gasteiger partial charge < -0.3 is 0 Å². The second-order valence-corrected chi connectivity index (χ2v) is 2.72. The van der Waals surface area contributed by atoms with E-state index in [1.807, 2.05) is 5.38 Å². The smallest absolute Gasteiger partial charge is 0.0936 e. The molecule has 0 aliphatic heterocycles. The van der Waals surface area contributed by atoms with Crippen LogP contribution in [-0.2, 0) is 6.42 Å². The van der Waals surface area contributed by atoms with E-state index < -0.39 is 0 Å². The predicted octanol–water partition coefficient (Wildman–Crippen LogP) is 2.35. The van der Waals surface area contributed by atoms with Crippen molar-refractivity contribution < 1.29 is 0 Å². The molecule has 52 valence electrons. The first-order valence-electron chi connectivity index (χ1n) is 2.38. The Bertz CT molecular complexity index is 141. The van der Waals surface area contributed by atoms with E-state index in [9.17, 15) is 0 Å². The summed E-state index contributed by atoms with van der Waals surface area (Å²) in [6, 6.07) is 0. The van der Waals surface area contributed by atoms with Gasteiger partial charge in [-0.2, -0.15) is 0 Å². The van der Waals surface area contributed by atoms with Gasteiger partial charge in [-0.1, -0.05) is 0 Å². The largest absolute Gasteiger partial charge is 0.250 e. The van der Waals surface area contributed by atoms with Gasteiger partial charge in [0.15, 0.2) is 0 Å². The van der Waals surface area contributed by atoms with E-state index in [1.165, 1.54) is 0 Å². The molecule has 0 N–H and O–H groups in total. The zero-order chi connectivity index (χ0) is 5.82. The van der Waals surface area contributed by atoms with Gasteiger partial charge in [0.05, 0.1) is 5.01 Å². The van der Waals surface area contributed by atoms with E-state index in [-0.39, 0.29) is 12.4 Å². The molecule has 0 aromatic carbocycles. The summed E-state index contributed by atoms with van der Waals surface area (Å²) in [7, 11) is 0. The number of thiazole rings is 1. The highest BCUT2D eigenvalue weighted by Gasteiger charge is 1.89. The van der Waals surface area contributed by atoms with Crippen LogP contribution in [0, 0.1) is 0 Å². The van der Waals surface area contributed by atoms with Crippen LogP contribution in [0.1, 0.15) is 5.01 Å². The van der Waals surface area contributed by atoms with Crippen LogP contribution in [0.25, 0.3) is 0 Å². The van der Waals surface area contributed by atoms with E-state index in [0.717, 1.165) is 11.4 Å². The first-order chi connectivity index (χ1) is 3.93. The van der Waals surface area contributed by atoms with E-state index in [0.29, 0.717) is 5.88 Å². The fraction of sp³-hybridized carbons (Fsp3) is 0.400. The van der Waals surface area contributed by atoms with Crippen LogP contribution < -0.4 is 0 Å². The summed E-state index contributed by atoms with van der Waals surface area (Å²) in [6.45, 7) is 0. The van der Waals surface area contributed by atoms with Crippen LogP contribution in [0.2, 0.25) is 0 Å². The van der Waals surface area contributed by atoms with Gasteiger partial charge >= 0.3 is 0 Å². The molecule has 0 atom stereocenters. The maximum Gasteiger partial charge on any atom is 0.0936 e. The van der Waals surface area contributed by atoms with Crippen LogP contribution in [0.5, 0.6) is 0 Å². The summed E-state index contributed by atoms with van der Waals surface area (Å²) in [4.78, 5) is 4.04. The second-order valence-electron chi connectivity index (χ2n) is 1.36. The predicted molar refractivity (Wildman–Crippen MR) is 43.8 cm³/mol. The number of alkyl halides is 1. The van der Waals surface area contributed by atoms with Crippen LogP contribution in [-0.4, -0.2) is 10.9 Å².